The number of carbonyl (C=O) groups is 1. The van der Waals surface area contributed by atoms with Gasteiger partial charge in [-0.1, -0.05) is 34.8 Å². The number of fused-ring (bicyclic) bond motifs is 2. The number of carbonyl (C=O) groups excluding carboxylic acids is 1. The molecule has 10 heteroatoms. The van der Waals surface area contributed by atoms with Crippen molar-refractivity contribution in [2.75, 3.05) is 0 Å². The van der Waals surface area contributed by atoms with Gasteiger partial charge in [0.2, 0.25) is 6.08 Å². The highest BCUT2D eigenvalue weighted by Crippen LogP contribution is 2.51. The minimum absolute atomic E-state index is 0.0615. The number of phenolic OH excluding ortho intramolecular Hbond substituents is 1. The molecule has 160 valence electrons. The summed E-state index contributed by atoms with van der Waals surface area (Å²) >= 11 is 19.1. The molecule has 0 saturated heterocycles. The van der Waals surface area contributed by atoms with E-state index in [1.807, 2.05) is 0 Å². The number of aliphatic imine (C=N–C) groups is 1. The summed E-state index contributed by atoms with van der Waals surface area (Å²) in [5, 5.41) is 19.4. The first-order valence-electron chi connectivity index (χ1n) is 8.87. The third kappa shape index (κ3) is 3.32. The van der Waals surface area contributed by atoms with Gasteiger partial charge in [0.1, 0.15) is 22.8 Å². The summed E-state index contributed by atoms with van der Waals surface area (Å²) in [5.41, 5.74) is 0.00204. The van der Waals surface area contributed by atoms with Crippen LogP contribution in [-0.2, 0) is 4.79 Å². The average Bonchev–Trinajstić information content (AvgIpc) is 2.73. The van der Waals surface area contributed by atoms with Crippen molar-refractivity contribution < 1.29 is 24.2 Å². The van der Waals surface area contributed by atoms with Gasteiger partial charge in [-0.15, -0.1) is 0 Å². The Morgan fingerprint density at radius 3 is 2.44 bits per heavy atom. The Kier molecular flexibility index (Phi) is 5.44. The number of halogens is 3. The molecule has 0 radical (unpaired) electrons. The van der Waals surface area contributed by atoms with E-state index in [1.165, 1.54) is 36.4 Å². The zero-order valence-electron chi connectivity index (χ0n) is 16.0. The van der Waals surface area contributed by atoms with Crippen LogP contribution in [0.4, 0.5) is 5.69 Å². The van der Waals surface area contributed by atoms with Gasteiger partial charge in [0.25, 0.3) is 0 Å². The molecule has 2 aromatic rings. The number of aromatic hydroxyl groups is 1. The van der Waals surface area contributed by atoms with E-state index >= 15 is 0 Å². The molecule has 0 amide bonds. The molecule has 0 fully saturated rings. The number of phenols is 1. The van der Waals surface area contributed by atoms with Crippen molar-refractivity contribution in [2.45, 2.75) is 6.92 Å². The molecular weight excluding hydrogens is 481 g/mol. The molecule has 2 aromatic carbocycles. The van der Waals surface area contributed by atoms with Crippen molar-refractivity contribution in [2.24, 2.45) is 4.99 Å². The highest BCUT2D eigenvalue weighted by atomic mass is 35.5. The predicted octanol–water partition coefficient (Wildman–Crippen LogP) is 6.20. The average molecular weight is 491 g/mol. The SMILES string of the molecule is Cc1cc2c(-c3c(Cl)c(Cl)c(N=C=O)c(Cl)c3C(=O)O)c3ccc(O)cc3oc-2cc1=O. The van der Waals surface area contributed by atoms with E-state index < -0.39 is 16.6 Å². The van der Waals surface area contributed by atoms with Crippen LogP contribution < -0.4 is 5.43 Å². The van der Waals surface area contributed by atoms with Crippen molar-refractivity contribution in [3.63, 3.8) is 0 Å². The highest BCUT2D eigenvalue weighted by Gasteiger charge is 2.30. The molecule has 7 nitrogen and oxygen atoms in total. The molecule has 0 saturated carbocycles. The smallest absolute Gasteiger partial charge is 0.337 e. The van der Waals surface area contributed by atoms with Gasteiger partial charge < -0.3 is 14.6 Å². The number of aryl methyl sites for hydroxylation is 1. The predicted molar refractivity (Wildman–Crippen MR) is 121 cm³/mol. The number of isocyanates is 1. The third-order valence-corrected chi connectivity index (χ3v) is 6.13. The minimum Gasteiger partial charge on any atom is -0.508 e. The van der Waals surface area contributed by atoms with Crippen LogP contribution in [-0.4, -0.2) is 22.3 Å². The van der Waals surface area contributed by atoms with Gasteiger partial charge >= 0.3 is 5.97 Å². The summed E-state index contributed by atoms with van der Waals surface area (Å²) in [5.74, 6) is -1.44. The largest absolute Gasteiger partial charge is 0.508 e. The van der Waals surface area contributed by atoms with Crippen molar-refractivity contribution in [3.8, 4) is 28.2 Å². The summed E-state index contributed by atoms with van der Waals surface area (Å²) in [6, 6.07) is 6.98. The van der Waals surface area contributed by atoms with Crippen LogP contribution in [0.5, 0.6) is 5.75 Å². The second-order valence-corrected chi connectivity index (χ2v) is 7.95. The summed E-state index contributed by atoms with van der Waals surface area (Å²) in [6.07, 6.45) is 1.27. The quantitative estimate of drug-likeness (QED) is 0.153. The van der Waals surface area contributed by atoms with E-state index in [4.69, 9.17) is 39.2 Å². The Balaban J connectivity index is 2.33. The van der Waals surface area contributed by atoms with Crippen LogP contribution in [0, 0.1) is 6.92 Å². The number of hydrogen-bond acceptors (Lipinski definition) is 6. The molecule has 1 heterocycles. The number of nitrogens with zero attached hydrogens (tertiary/aromatic N) is 1. The molecule has 32 heavy (non-hydrogen) atoms. The van der Waals surface area contributed by atoms with Gasteiger partial charge in [0.05, 0.1) is 20.6 Å². The number of carboxylic acid groups (broad SMARTS) is 1. The lowest BCUT2D eigenvalue weighted by Crippen LogP contribution is -2.07. The summed E-state index contributed by atoms with van der Waals surface area (Å²) in [4.78, 5) is 38.7. The Hall–Kier alpha value is -3.35. The Morgan fingerprint density at radius 2 is 1.78 bits per heavy atom. The van der Waals surface area contributed by atoms with Gasteiger partial charge in [-0.2, -0.15) is 4.99 Å². The van der Waals surface area contributed by atoms with Gasteiger partial charge in [-0.05, 0) is 30.7 Å². The molecule has 0 aromatic heterocycles. The lowest BCUT2D eigenvalue weighted by Gasteiger charge is -2.20. The molecule has 0 atom stereocenters. The number of benzene rings is 3. The third-order valence-electron chi connectivity index (χ3n) is 4.92. The van der Waals surface area contributed by atoms with Crippen LogP contribution in [0.25, 0.3) is 33.4 Å². The van der Waals surface area contributed by atoms with Crippen molar-refractivity contribution in [1.29, 1.82) is 0 Å². The molecule has 4 rings (SSSR count). The second kappa shape index (κ2) is 7.97. The van der Waals surface area contributed by atoms with Crippen molar-refractivity contribution >= 4 is 63.5 Å². The van der Waals surface area contributed by atoms with E-state index in [0.717, 1.165) is 0 Å². The molecule has 0 bridgehead atoms. The zero-order chi connectivity index (χ0) is 23.3. The van der Waals surface area contributed by atoms with Gasteiger partial charge in [-0.3, -0.25) is 4.79 Å². The minimum atomic E-state index is -1.45. The van der Waals surface area contributed by atoms with E-state index in [9.17, 15) is 24.6 Å². The van der Waals surface area contributed by atoms with Gasteiger partial charge in [0, 0.05) is 34.2 Å². The fourth-order valence-electron chi connectivity index (χ4n) is 3.51. The van der Waals surface area contributed by atoms with Gasteiger partial charge in [0.15, 0.2) is 5.43 Å². The maximum absolute atomic E-state index is 12.2. The molecule has 0 spiro atoms. The maximum atomic E-state index is 12.2. The van der Waals surface area contributed by atoms with Crippen LogP contribution >= 0.6 is 34.8 Å². The van der Waals surface area contributed by atoms with Crippen LogP contribution in [0.15, 0.2) is 44.5 Å². The second-order valence-electron chi connectivity index (χ2n) is 6.82. The first-order chi connectivity index (χ1) is 15.1. The summed E-state index contributed by atoms with van der Waals surface area (Å²) < 4.78 is 5.80. The lowest BCUT2D eigenvalue weighted by molar-refractivity contribution is 0.0698. The standard InChI is InChI=1S/C22H10Cl3NO6/c1-8-4-11-14(6-12(8)29)32-13-5-9(28)2-3-10(13)15(11)16-17(22(30)31)19(24)21(26-7-27)20(25)18(16)23/h2-6,28H,1H3,(H,30,31). The zero-order valence-corrected chi connectivity index (χ0v) is 18.3. The number of aromatic carboxylic acids is 1. The van der Waals surface area contributed by atoms with Crippen LogP contribution in [0.3, 0.4) is 0 Å². The Bertz CT molecular complexity index is 1540. The van der Waals surface area contributed by atoms with Gasteiger partial charge in [-0.25, -0.2) is 9.59 Å². The van der Waals surface area contributed by atoms with E-state index in [-0.39, 0.29) is 49.4 Å². The fourth-order valence-corrected chi connectivity index (χ4v) is 4.38. The normalized spacial score (nSPS) is 11.0. The molecule has 2 aliphatic rings. The number of carboxylic acids is 1. The Morgan fingerprint density at radius 1 is 1.06 bits per heavy atom. The monoisotopic (exact) mass is 489 g/mol. The number of rotatable bonds is 3. The lowest BCUT2D eigenvalue weighted by atomic mass is 9.89. The molecule has 2 N–H and O–H groups in total. The van der Waals surface area contributed by atoms with Crippen LogP contribution in [0.2, 0.25) is 15.1 Å². The first-order valence-corrected chi connectivity index (χ1v) is 10.0. The molecule has 1 aliphatic heterocycles. The maximum Gasteiger partial charge on any atom is 0.337 e. The van der Waals surface area contributed by atoms with Crippen molar-refractivity contribution in [3.05, 3.63) is 66.7 Å². The fraction of sp³-hybridized carbons (Fsp3) is 0.0455. The molecular formula is C22H10Cl3NO6. The van der Waals surface area contributed by atoms with E-state index in [2.05, 4.69) is 4.99 Å². The summed E-state index contributed by atoms with van der Waals surface area (Å²) in [7, 11) is 0. The number of hydrogen-bond donors (Lipinski definition) is 2. The Labute approximate surface area is 194 Å². The van der Waals surface area contributed by atoms with E-state index in [0.29, 0.717) is 16.5 Å². The molecule has 0 unspecified atom stereocenters. The highest BCUT2D eigenvalue weighted by molar-refractivity contribution is 6.49. The van der Waals surface area contributed by atoms with Crippen LogP contribution in [0.1, 0.15) is 15.9 Å². The topological polar surface area (TPSA) is 117 Å². The van der Waals surface area contributed by atoms with Crippen molar-refractivity contribution in [1.82, 2.24) is 0 Å². The summed E-state index contributed by atoms with van der Waals surface area (Å²) in [6.45, 7) is 1.59. The van der Waals surface area contributed by atoms with E-state index in [1.54, 1.807) is 6.92 Å². The first kappa shape index (κ1) is 21.9. The molecule has 1 aliphatic carbocycles.